The van der Waals surface area contributed by atoms with E-state index in [0.29, 0.717) is 32.2 Å². The summed E-state index contributed by atoms with van der Waals surface area (Å²) in [6.07, 6.45) is 2.43. The van der Waals surface area contributed by atoms with E-state index >= 15 is 0 Å². The maximum atomic E-state index is 12.7. The van der Waals surface area contributed by atoms with Crippen LogP contribution in [0.3, 0.4) is 0 Å². The van der Waals surface area contributed by atoms with E-state index in [4.69, 9.17) is 9.47 Å². The van der Waals surface area contributed by atoms with Gasteiger partial charge in [-0.3, -0.25) is 14.7 Å². The molecule has 0 radical (unpaired) electrons. The fraction of sp³-hybridized carbons (Fsp3) is 0.667. The van der Waals surface area contributed by atoms with Gasteiger partial charge in [0.05, 0.1) is 32.1 Å². The second kappa shape index (κ2) is 6.78. The molecule has 0 saturated carbocycles. The Morgan fingerprint density at radius 1 is 1.29 bits per heavy atom. The average molecular weight is 331 g/mol. The van der Waals surface area contributed by atoms with Crippen molar-refractivity contribution in [3.8, 4) is 0 Å². The summed E-state index contributed by atoms with van der Waals surface area (Å²) in [6, 6.07) is 6.04. The number of aromatic nitrogens is 1. The summed E-state index contributed by atoms with van der Waals surface area (Å²) < 4.78 is 11.1. The fourth-order valence-corrected chi connectivity index (χ4v) is 4.26. The van der Waals surface area contributed by atoms with Crippen LogP contribution in [0.25, 0.3) is 0 Å². The number of likely N-dealkylation sites (tertiary alicyclic amines) is 1. The third-order valence-corrected chi connectivity index (χ3v) is 5.57. The number of ether oxygens (including phenoxy) is 2. The van der Waals surface area contributed by atoms with Gasteiger partial charge in [0.25, 0.3) is 0 Å². The maximum Gasteiger partial charge on any atom is 0.223 e. The number of carbonyl (C=O) groups is 1. The van der Waals surface area contributed by atoms with Crippen LogP contribution >= 0.6 is 0 Å². The van der Waals surface area contributed by atoms with Crippen LogP contribution in [0.1, 0.15) is 12.1 Å². The van der Waals surface area contributed by atoms with Crippen molar-refractivity contribution in [2.45, 2.75) is 13.0 Å². The Morgan fingerprint density at radius 3 is 2.96 bits per heavy atom. The third kappa shape index (κ3) is 3.18. The van der Waals surface area contributed by atoms with Crippen LogP contribution in [-0.4, -0.2) is 73.3 Å². The Balaban J connectivity index is 1.41. The van der Waals surface area contributed by atoms with E-state index in [1.54, 1.807) is 0 Å². The van der Waals surface area contributed by atoms with Gasteiger partial charge in [-0.2, -0.15) is 0 Å². The summed E-state index contributed by atoms with van der Waals surface area (Å²) in [4.78, 5) is 21.6. The lowest BCUT2D eigenvalue weighted by atomic mass is 9.77. The molecule has 0 N–H and O–H groups in total. The molecule has 1 aromatic heterocycles. The molecule has 4 rings (SSSR count). The average Bonchev–Trinajstić information content (AvgIpc) is 3.12. The monoisotopic (exact) mass is 331 g/mol. The van der Waals surface area contributed by atoms with Crippen LogP contribution in [0, 0.1) is 11.3 Å². The highest BCUT2D eigenvalue weighted by atomic mass is 16.5. The molecule has 3 aliphatic heterocycles. The van der Waals surface area contributed by atoms with Gasteiger partial charge in [0.1, 0.15) is 0 Å². The molecule has 4 heterocycles. The second-order valence-corrected chi connectivity index (χ2v) is 7.24. The smallest absolute Gasteiger partial charge is 0.223 e. The predicted molar refractivity (Wildman–Crippen MR) is 88.3 cm³/mol. The highest BCUT2D eigenvalue weighted by molar-refractivity contribution is 5.77. The molecule has 1 amide bonds. The van der Waals surface area contributed by atoms with Crippen molar-refractivity contribution in [1.29, 1.82) is 0 Å². The van der Waals surface area contributed by atoms with E-state index in [1.165, 1.54) is 0 Å². The normalized spacial score (nSPS) is 30.5. The number of fused-ring (bicyclic) bond motifs is 1. The molecule has 3 aliphatic rings. The molecule has 0 aromatic carbocycles. The van der Waals surface area contributed by atoms with E-state index in [2.05, 4.69) is 16.0 Å². The summed E-state index contributed by atoms with van der Waals surface area (Å²) in [5.74, 6) is 0.708. The molecule has 3 fully saturated rings. The third-order valence-electron chi connectivity index (χ3n) is 5.57. The quantitative estimate of drug-likeness (QED) is 0.816. The van der Waals surface area contributed by atoms with E-state index in [0.717, 1.165) is 45.0 Å². The minimum absolute atomic E-state index is 0.0236. The standard InChI is InChI=1S/C18H25N3O3/c22-17(21-5-7-23-8-6-21)9-18-13-20(10-15(18)12-24-14-18)11-16-3-1-2-4-19-16/h1-4,15H,5-14H2/t15-,18+/m1/s1. The van der Waals surface area contributed by atoms with Crippen molar-refractivity contribution in [3.05, 3.63) is 30.1 Å². The lowest BCUT2D eigenvalue weighted by Gasteiger charge is -2.32. The van der Waals surface area contributed by atoms with Crippen LogP contribution in [0.4, 0.5) is 0 Å². The van der Waals surface area contributed by atoms with Gasteiger partial charge < -0.3 is 14.4 Å². The zero-order chi connectivity index (χ0) is 16.4. The molecule has 2 atom stereocenters. The zero-order valence-corrected chi connectivity index (χ0v) is 14.0. The Morgan fingerprint density at radius 2 is 2.17 bits per heavy atom. The van der Waals surface area contributed by atoms with Crippen LogP contribution in [0.2, 0.25) is 0 Å². The van der Waals surface area contributed by atoms with Gasteiger partial charge in [-0.1, -0.05) is 6.07 Å². The first kappa shape index (κ1) is 16.0. The topological polar surface area (TPSA) is 54.9 Å². The lowest BCUT2D eigenvalue weighted by Crippen LogP contribution is -2.44. The van der Waals surface area contributed by atoms with Crippen molar-refractivity contribution in [2.75, 3.05) is 52.6 Å². The van der Waals surface area contributed by atoms with Gasteiger partial charge in [-0.15, -0.1) is 0 Å². The van der Waals surface area contributed by atoms with Crippen LogP contribution < -0.4 is 0 Å². The van der Waals surface area contributed by atoms with Gasteiger partial charge in [0, 0.05) is 56.7 Å². The first-order valence-electron chi connectivity index (χ1n) is 8.81. The second-order valence-electron chi connectivity index (χ2n) is 7.24. The molecule has 0 spiro atoms. The van der Waals surface area contributed by atoms with Crippen molar-refractivity contribution >= 4 is 5.91 Å². The summed E-state index contributed by atoms with van der Waals surface area (Å²) in [5, 5.41) is 0. The van der Waals surface area contributed by atoms with E-state index in [-0.39, 0.29) is 11.3 Å². The largest absolute Gasteiger partial charge is 0.380 e. The predicted octanol–water partition coefficient (Wildman–Crippen LogP) is 0.779. The lowest BCUT2D eigenvalue weighted by molar-refractivity contribution is -0.138. The molecular weight excluding hydrogens is 306 g/mol. The number of morpholine rings is 1. The highest BCUT2D eigenvalue weighted by Gasteiger charge is 2.51. The first-order chi connectivity index (χ1) is 11.8. The number of hydrogen-bond donors (Lipinski definition) is 0. The molecule has 24 heavy (non-hydrogen) atoms. The molecule has 130 valence electrons. The zero-order valence-electron chi connectivity index (χ0n) is 14.0. The summed E-state index contributed by atoms with van der Waals surface area (Å²) in [7, 11) is 0. The van der Waals surface area contributed by atoms with Crippen LogP contribution in [0.15, 0.2) is 24.4 Å². The summed E-state index contributed by atoms with van der Waals surface area (Å²) in [5.41, 5.74) is 1.07. The fourth-order valence-electron chi connectivity index (χ4n) is 4.26. The number of carbonyl (C=O) groups excluding carboxylic acids is 1. The number of nitrogens with zero attached hydrogens (tertiary/aromatic N) is 3. The van der Waals surface area contributed by atoms with Crippen molar-refractivity contribution in [2.24, 2.45) is 11.3 Å². The first-order valence-corrected chi connectivity index (χ1v) is 8.81. The Hall–Kier alpha value is -1.50. The summed E-state index contributed by atoms with van der Waals surface area (Å²) >= 11 is 0. The van der Waals surface area contributed by atoms with E-state index < -0.39 is 0 Å². The number of hydrogen-bond acceptors (Lipinski definition) is 5. The van der Waals surface area contributed by atoms with Crippen molar-refractivity contribution in [1.82, 2.24) is 14.8 Å². The number of amides is 1. The minimum Gasteiger partial charge on any atom is -0.380 e. The summed E-state index contributed by atoms with van der Waals surface area (Å²) in [6.45, 7) is 6.99. The molecule has 0 aliphatic carbocycles. The maximum absolute atomic E-state index is 12.7. The molecule has 6 heteroatoms. The number of rotatable bonds is 4. The van der Waals surface area contributed by atoms with Crippen LogP contribution in [-0.2, 0) is 20.8 Å². The van der Waals surface area contributed by atoms with Crippen molar-refractivity contribution in [3.63, 3.8) is 0 Å². The van der Waals surface area contributed by atoms with E-state index in [1.807, 2.05) is 23.2 Å². The van der Waals surface area contributed by atoms with Gasteiger partial charge in [-0.25, -0.2) is 0 Å². The van der Waals surface area contributed by atoms with Gasteiger partial charge >= 0.3 is 0 Å². The Bertz CT molecular complexity index is 576. The highest BCUT2D eigenvalue weighted by Crippen LogP contribution is 2.44. The van der Waals surface area contributed by atoms with Crippen LogP contribution in [0.5, 0.6) is 0 Å². The number of pyridine rings is 1. The van der Waals surface area contributed by atoms with Gasteiger partial charge in [0.2, 0.25) is 5.91 Å². The van der Waals surface area contributed by atoms with Gasteiger partial charge in [0.15, 0.2) is 0 Å². The Labute approximate surface area is 142 Å². The minimum atomic E-state index is -0.0236. The molecule has 3 saturated heterocycles. The van der Waals surface area contributed by atoms with Gasteiger partial charge in [-0.05, 0) is 12.1 Å². The molecule has 0 bridgehead atoms. The molecular formula is C18H25N3O3. The Kier molecular flexibility index (Phi) is 4.52. The van der Waals surface area contributed by atoms with Crippen molar-refractivity contribution < 1.29 is 14.3 Å². The molecule has 0 unspecified atom stereocenters. The SMILES string of the molecule is O=C(C[C@]12COC[C@H]1CN(Cc1ccccn1)C2)N1CCOCC1. The molecule has 1 aromatic rings. The molecule has 6 nitrogen and oxygen atoms in total. The van der Waals surface area contributed by atoms with E-state index in [9.17, 15) is 4.79 Å².